The molecule has 0 fully saturated rings. The van der Waals surface area contributed by atoms with Crippen LogP contribution in [0, 0.1) is 0 Å². The Labute approximate surface area is 130 Å². The van der Waals surface area contributed by atoms with Gasteiger partial charge in [0.25, 0.3) is 5.91 Å². The second-order valence-corrected chi connectivity index (χ2v) is 5.05. The maximum atomic E-state index is 12.3. The van der Waals surface area contributed by atoms with Gasteiger partial charge in [0.2, 0.25) is 5.82 Å². The minimum absolute atomic E-state index is 0.159. The van der Waals surface area contributed by atoms with Crippen LogP contribution in [0.1, 0.15) is 10.4 Å². The number of H-pyrrole nitrogens is 2. The van der Waals surface area contributed by atoms with E-state index < -0.39 is 0 Å². The first-order chi connectivity index (χ1) is 11.3. The number of aromatic amines is 2. The summed E-state index contributed by atoms with van der Waals surface area (Å²) < 4.78 is 0. The predicted octanol–water partition coefficient (Wildman–Crippen LogP) is 2.60. The van der Waals surface area contributed by atoms with Crippen LogP contribution in [-0.2, 0) is 0 Å². The van der Waals surface area contributed by atoms with Crippen molar-refractivity contribution < 1.29 is 4.79 Å². The van der Waals surface area contributed by atoms with E-state index >= 15 is 0 Å². The number of tetrazole rings is 1. The zero-order chi connectivity index (χ0) is 15.6. The monoisotopic (exact) mass is 304 g/mol. The lowest BCUT2D eigenvalue weighted by Gasteiger charge is -2.06. The van der Waals surface area contributed by atoms with Crippen LogP contribution in [0.3, 0.4) is 0 Å². The fraction of sp³-hybridized carbons (Fsp3) is 0. The lowest BCUT2D eigenvalue weighted by atomic mass is 10.1. The molecule has 2 aromatic heterocycles. The molecule has 2 aromatic carbocycles. The van der Waals surface area contributed by atoms with E-state index in [-0.39, 0.29) is 5.91 Å². The maximum Gasteiger partial charge on any atom is 0.255 e. The number of carbonyl (C=O) groups excluding carboxylic acids is 1. The summed E-state index contributed by atoms with van der Waals surface area (Å²) in [5.41, 5.74) is 3.06. The van der Waals surface area contributed by atoms with Crippen molar-refractivity contribution >= 4 is 22.5 Å². The van der Waals surface area contributed by atoms with E-state index in [2.05, 4.69) is 30.9 Å². The zero-order valence-electron chi connectivity index (χ0n) is 11.9. The van der Waals surface area contributed by atoms with Crippen molar-refractivity contribution in [3.63, 3.8) is 0 Å². The molecule has 4 aromatic rings. The Hall–Kier alpha value is -3.48. The number of hydrogen-bond acceptors (Lipinski definition) is 4. The zero-order valence-corrected chi connectivity index (χ0v) is 11.9. The van der Waals surface area contributed by atoms with Crippen LogP contribution in [-0.4, -0.2) is 31.5 Å². The molecule has 0 aliphatic carbocycles. The number of benzene rings is 2. The van der Waals surface area contributed by atoms with Crippen LogP contribution >= 0.6 is 0 Å². The van der Waals surface area contributed by atoms with Crippen LogP contribution in [0.5, 0.6) is 0 Å². The predicted molar refractivity (Wildman–Crippen MR) is 85.9 cm³/mol. The molecule has 0 saturated heterocycles. The largest absolute Gasteiger partial charge is 0.361 e. The van der Waals surface area contributed by atoms with E-state index in [1.54, 1.807) is 18.2 Å². The van der Waals surface area contributed by atoms with E-state index in [1.807, 2.05) is 36.5 Å². The van der Waals surface area contributed by atoms with Gasteiger partial charge in [0.1, 0.15) is 0 Å². The SMILES string of the molecule is O=C(Nc1ccc(-c2nn[nH]n2)cc1)c1ccc2cc[nH]c2c1. The van der Waals surface area contributed by atoms with E-state index in [4.69, 9.17) is 0 Å². The normalized spacial score (nSPS) is 10.8. The van der Waals surface area contributed by atoms with Gasteiger partial charge in [-0.1, -0.05) is 6.07 Å². The van der Waals surface area contributed by atoms with Gasteiger partial charge in [-0.3, -0.25) is 4.79 Å². The second kappa shape index (κ2) is 5.38. The summed E-state index contributed by atoms with van der Waals surface area (Å²) in [5, 5.41) is 17.7. The summed E-state index contributed by atoms with van der Waals surface area (Å²) in [6.07, 6.45) is 1.85. The van der Waals surface area contributed by atoms with Crippen LogP contribution in [0.15, 0.2) is 54.7 Å². The molecule has 7 heteroatoms. The third kappa shape index (κ3) is 2.55. The number of aromatic nitrogens is 5. The average molecular weight is 304 g/mol. The Balaban J connectivity index is 1.53. The summed E-state index contributed by atoms with van der Waals surface area (Å²) in [6, 6.07) is 14.8. The van der Waals surface area contributed by atoms with Gasteiger partial charge in [0.15, 0.2) is 0 Å². The summed E-state index contributed by atoms with van der Waals surface area (Å²) in [6.45, 7) is 0. The molecule has 0 spiro atoms. The van der Waals surface area contributed by atoms with Crippen molar-refractivity contribution in [2.24, 2.45) is 0 Å². The van der Waals surface area contributed by atoms with Gasteiger partial charge >= 0.3 is 0 Å². The fourth-order valence-corrected chi connectivity index (χ4v) is 2.38. The third-order valence-corrected chi connectivity index (χ3v) is 3.56. The number of rotatable bonds is 3. The first-order valence-electron chi connectivity index (χ1n) is 7.02. The molecule has 23 heavy (non-hydrogen) atoms. The van der Waals surface area contributed by atoms with Crippen LogP contribution in [0.25, 0.3) is 22.3 Å². The number of amides is 1. The van der Waals surface area contributed by atoms with E-state index in [9.17, 15) is 4.79 Å². The third-order valence-electron chi connectivity index (χ3n) is 3.56. The van der Waals surface area contributed by atoms with Crippen LogP contribution in [0.2, 0.25) is 0 Å². The molecule has 0 saturated carbocycles. The summed E-state index contributed by atoms with van der Waals surface area (Å²) >= 11 is 0. The van der Waals surface area contributed by atoms with Gasteiger partial charge in [-0.25, -0.2) is 0 Å². The number of carbonyl (C=O) groups is 1. The lowest BCUT2D eigenvalue weighted by molar-refractivity contribution is 0.102. The summed E-state index contributed by atoms with van der Waals surface area (Å²) in [7, 11) is 0. The molecule has 0 unspecified atom stereocenters. The first kappa shape index (κ1) is 13.2. The van der Waals surface area contributed by atoms with Crippen molar-refractivity contribution in [1.29, 1.82) is 0 Å². The van der Waals surface area contributed by atoms with Crippen molar-refractivity contribution in [2.75, 3.05) is 5.32 Å². The van der Waals surface area contributed by atoms with Gasteiger partial charge in [0, 0.05) is 28.5 Å². The Morgan fingerprint density at radius 3 is 2.70 bits per heavy atom. The maximum absolute atomic E-state index is 12.3. The highest BCUT2D eigenvalue weighted by molar-refractivity contribution is 6.06. The van der Waals surface area contributed by atoms with E-state index in [0.717, 1.165) is 16.5 Å². The standard InChI is InChI=1S/C16H12N6O/c23-16(12-2-1-10-7-8-17-14(10)9-12)18-13-5-3-11(4-6-13)15-19-21-22-20-15/h1-9,17H,(H,18,23)(H,19,20,21,22). The van der Waals surface area contributed by atoms with Gasteiger partial charge < -0.3 is 10.3 Å². The minimum Gasteiger partial charge on any atom is -0.361 e. The van der Waals surface area contributed by atoms with Gasteiger partial charge in [-0.15, -0.1) is 10.2 Å². The second-order valence-electron chi connectivity index (χ2n) is 5.05. The van der Waals surface area contributed by atoms with E-state index in [0.29, 0.717) is 17.1 Å². The smallest absolute Gasteiger partial charge is 0.255 e. The topological polar surface area (TPSA) is 99.3 Å². The lowest BCUT2D eigenvalue weighted by Crippen LogP contribution is -2.11. The number of nitrogens with one attached hydrogen (secondary N) is 3. The van der Waals surface area contributed by atoms with Crippen molar-refractivity contribution in [3.05, 3.63) is 60.3 Å². The molecule has 0 bridgehead atoms. The molecule has 0 aliphatic heterocycles. The van der Waals surface area contributed by atoms with Gasteiger partial charge in [-0.05, 0) is 53.1 Å². The molecule has 1 amide bonds. The highest BCUT2D eigenvalue weighted by Gasteiger charge is 2.08. The summed E-state index contributed by atoms with van der Waals surface area (Å²) in [4.78, 5) is 15.4. The molecule has 0 radical (unpaired) electrons. The Kier molecular flexibility index (Phi) is 3.09. The van der Waals surface area contributed by atoms with Gasteiger partial charge in [-0.2, -0.15) is 5.21 Å². The highest BCUT2D eigenvalue weighted by Crippen LogP contribution is 2.19. The van der Waals surface area contributed by atoms with Crippen molar-refractivity contribution in [1.82, 2.24) is 25.6 Å². The number of anilines is 1. The molecule has 0 aliphatic rings. The van der Waals surface area contributed by atoms with E-state index in [1.165, 1.54) is 0 Å². The van der Waals surface area contributed by atoms with Crippen LogP contribution in [0.4, 0.5) is 5.69 Å². The van der Waals surface area contributed by atoms with Crippen molar-refractivity contribution in [2.45, 2.75) is 0 Å². The van der Waals surface area contributed by atoms with Crippen molar-refractivity contribution in [3.8, 4) is 11.4 Å². The summed E-state index contributed by atoms with van der Waals surface area (Å²) in [5.74, 6) is 0.355. The minimum atomic E-state index is -0.159. The Bertz CT molecular complexity index is 956. The molecular formula is C16H12N6O. The number of hydrogen-bond donors (Lipinski definition) is 3. The quantitative estimate of drug-likeness (QED) is 0.541. The molecule has 112 valence electrons. The number of fused-ring (bicyclic) bond motifs is 1. The Morgan fingerprint density at radius 1 is 1.04 bits per heavy atom. The molecule has 3 N–H and O–H groups in total. The number of nitrogens with zero attached hydrogens (tertiary/aromatic N) is 3. The molecule has 0 atom stereocenters. The first-order valence-corrected chi connectivity index (χ1v) is 7.02. The fourth-order valence-electron chi connectivity index (χ4n) is 2.38. The molecule has 7 nitrogen and oxygen atoms in total. The molecule has 2 heterocycles. The molecular weight excluding hydrogens is 292 g/mol. The molecule has 4 rings (SSSR count). The highest BCUT2D eigenvalue weighted by atomic mass is 16.1. The Morgan fingerprint density at radius 2 is 1.91 bits per heavy atom. The van der Waals surface area contributed by atoms with Crippen LogP contribution < -0.4 is 5.32 Å². The van der Waals surface area contributed by atoms with Gasteiger partial charge in [0.05, 0.1) is 0 Å². The average Bonchev–Trinajstić information content (AvgIpc) is 3.26.